The molecule has 24 heavy (non-hydrogen) atoms. The van der Waals surface area contributed by atoms with Crippen LogP contribution in [0.1, 0.15) is 23.8 Å². The summed E-state index contributed by atoms with van der Waals surface area (Å²) in [5.74, 6) is 2.37. The third kappa shape index (κ3) is 3.89. The Morgan fingerprint density at radius 3 is 2.83 bits per heavy atom. The standard InChI is InChI=1S/C18H22N2O4/c1-20(2)14(15-4-3-9-22-15)11-19-18(21)8-6-13-5-7-16-17(10-13)24-12-23-16/h3-5,7,9-10,14H,6,8,11-12H2,1-2H3,(H,19,21). The van der Waals surface area contributed by atoms with Crippen molar-refractivity contribution in [1.82, 2.24) is 10.2 Å². The van der Waals surface area contributed by atoms with Crippen molar-refractivity contribution in [2.75, 3.05) is 27.4 Å². The van der Waals surface area contributed by atoms with E-state index in [1.54, 1.807) is 6.26 Å². The molecule has 2 heterocycles. The quantitative estimate of drug-likeness (QED) is 0.844. The van der Waals surface area contributed by atoms with Gasteiger partial charge in [-0.2, -0.15) is 0 Å². The van der Waals surface area contributed by atoms with Gasteiger partial charge in [0.25, 0.3) is 0 Å². The Bertz CT molecular complexity index is 682. The van der Waals surface area contributed by atoms with Gasteiger partial charge in [-0.3, -0.25) is 9.69 Å². The van der Waals surface area contributed by atoms with E-state index in [0.29, 0.717) is 19.4 Å². The van der Waals surface area contributed by atoms with Gasteiger partial charge in [0.1, 0.15) is 5.76 Å². The number of hydrogen-bond donors (Lipinski definition) is 1. The summed E-state index contributed by atoms with van der Waals surface area (Å²) in [4.78, 5) is 14.2. The number of carbonyl (C=O) groups excluding carboxylic acids is 1. The third-order valence-corrected chi connectivity index (χ3v) is 4.07. The Kier molecular flexibility index (Phi) is 5.05. The number of carbonyl (C=O) groups is 1. The van der Waals surface area contributed by atoms with Crippen LogP contribution in [0.2, 0.25) is 0 Å². The summed E-state index contributed by atoms with van der Waals surface area (Å²) in [5, 5.41) is 2.98. The molecule has 1 aliphatic rings. The first-order valence-electron chi connectivity index (χ1n) is 7.98. The molecule has 1 aromatic heterocycles. The van der Waals surface area contributed by atoms with E-state index in [4.69, 9.17) is 13.9 Å². The summed E-state index contributed by atoms with van der Waals surface area (Å²) in [6.45, 7) is 0.776. The summed E-state index contributed by atoms with van der Waals surface area (Å²) < 4.78 is 16.1. The van der Waals surface area contributed by atoms with Crippen LogP contribution >= 0.6 is 0 Å². The molecule has 3 rings (SSSR count). The van der Waals surface area contributed by atoms with Gasteiger partial charge in [0.15, 0.2) is 11.5 Å². The largest absolute Gasteiger partial charge is 0.468 e. The number of fused-ring (bicyclic) bond motifs is 1. The lowest BCUT2D eigenvalue weighted by Gasteiger charge is -2.22. The number of nitrogens with zero attached hydrogens (tertiary/aromatic N) is 1. The number of amides is 1. The molecular weight excluding hydrogens is 308 g/mol. The molecule has 6 nitrogen and oxygen atoms in total. The highest BCUT2D eigenvalue weighted by atomic mass is 16.7. The van der Waals surface area contributed by atoms with Crippen molar-refractivity contribution >= 4 is 5.91 Å². The molecule has 0 aliphatic carbocycles. The van der Waals surface area contributed by atoms with E-state index in [0.717, 1.165) is 22.8 Å². The van der Waals surface area contributed by atoms with Crippen LogP contribution < -0.4 is 14.8 Å². The smallest absolute Gasteiger partial charge is 0.231 e. The topological polar surface area (TPSA) is 63.9 Å². The minimum atomic E-state index is 0.0195. The van der Waals surface area contributed by atoms with Gasteiger partial charge in [-0.25, -0.2) is 0 Å². The van der Waals surface area contributed by atoms with Crippen molar-refractivity contribution < 1.29 is 18.7 Å². The van der Waals surface area contributed by atoms with Gasteiger partial charge in [0.05, 0.1) is 12.3 Å². The first-order valence-corrected chi connectivity index (χ1v) is 7.98. The SMILES string of the molecule is CN(C)C(CNC(=O)CCc1ccc2c(c1)OCO2)c1ccco1. The molecule has 128 valence electrons. The second-order valence-electron chi connectivity index (χ2n) is 5.99. The molecule has 1 aromatic carbocycles. The molecule has 0 bridgehead atoms. The Morgan fingerprint density at radius 2 is 2.08 bits per heavy atom. The summed E-state index contributed by atoms with van der Waals surface area (Å²) >= 11 is 0. The highest BCUT2D eigenvalue weighted by molar-refractivity contribution is 5.76. The van der Waals surface area contributed by atoms with Crippen LogP contribution in [-0.2, 0) is 11.2 Å². The lowest BCUT2D eigenvalue weighted by molar-refractivity contribution is -0.121. The van der Waals surface area contributed by atoms with Gasteiger partial charge in [-0.1, -0.05) is 6.07 Å². The van der Waals surface area contributed by atoms with Crippen LogP contribution in [0.5, 0.6) is 11.5 Å². The van der Waals surface area contributed by atoms with E-state index >= 15 is 0 Å². The highest BCUT2D eigenvalue weighted by Crippen LogP contribution is 2.32. The molecule has 0 spiro atoms. The van der Waals surface area contributed by atoms with Crippen LogP contribution in [0.3, 0.4) is 0 Å². The Hall–Kier alpha value is -2.47. The fourth-order valence-corrected chi connectivity index (χ4v) is 2.67. The van der Waals surface area contributed by atoms with Crippen molar-refractivity contribution in [2.45, 2.75) is 18.9 Å². The van der Waals surface area contributed by atoms with Crippen molar-refractivity contribution in [3.05, 3.63) is 47.9 Å². The van der Waals surface area contributed by atoms with Crippen LogP contribution in [0, 0.1) is 0 Å². The van der Waals surface area contributed by atoms with Crippen LogP contribution in [0.25, 0.3) is 0 Å². The number of benzene rings is 1. The number of rotatable bonds is 7. The first kappa shape index (κ1) is 16.4. The Morgan fingerprint density at radius 1 is 1.25 bits per heavy atom. The summed E-state index contributed by atoms with van der Waals surface area (Å²) in [7, 11) is 3.93. The van der Waals surface area contributed by atoms with Crippen LogP contribution in [0.4, 0.5) is 0 Å². The second-order valence-corrected chi connectivity index (χ2v) is 5.99. The zero-order valence-electron chi connectivity index (χ0n) is 14.0. The lowest BCUT2D eigenvalue weighted by atomic mass is 10.1. The summed E-state index contributed by atoms with van der Waals surface area (Å²) in [6.07, 6.45) is 2.74. The maximum Gasteiger partial charge on any atom is 0.231 e. The maximum absolute atomic E-state index is 12.1. The van der Waals surface area contributed by atoms with Crippen molar-refractivity contribution in [1.29, 1.82) is 0 Å². The molecular formula is C18H22N2O4. The minimum Gasteiger partial charge on any atom is -0.468 e. The summed E-state index contributed by atoms with van der Waals surface area (Å²) in [5.41, 5.74) is 1.06. The molecule has 0 saturated heterocycles. The molecule has 1 N–H and O–H groups in total. The molecule has 0 saturated carbocycles. The number of ether oxygens (including phenoxy) is 2. The van der Waals surface area contributed by atoms with Crippen molar-refractivity contribution in [3.8, 4) is 11.5 Å². The van der Waals surface area contributed by atoms with E-state index in [1.807, 2.05) is 49.3 Å². The predicted octanol–water partition coefficient (Wildman–Crippen LogP) is 2.36. The van der Waals surface area contributed by atoms with Gasteiger partial charge in [0, 0.05) is 13.0 Å². The number of likely N-dealkylation sites (N-methyl/N-ethyl adjacent to an activating group) is 1. The van der Waals surface area contributed by atoms with Crippen molar-refractivity contribution in [2.24, 2.45) is 0 Å². The van der Waals surface area contributed by atoms with Gasteiger partial charge in [-0.15, -0.1) is 0 Å². The molecule has 1 atom stereocenters. The fraction of sp³-hybridized carbons (Fsp3) is 0.389. The number of aryl methyl sites for hydroxylation is 1. The second kappa shape index (κ2) is 7.40. The van der Waals surface area contributed by atoms with E-state index in [-0.39, 0.29) is 18.7 Å². The average Bonchev–Trinajstić information content (AvgIpc) is 3.23. The third-order valence-electron chi connectivity index (χ3n) is 4.07. The highest BCUT2D eigenvalue weighted by Gasteiger charge is 2.18. The Labute approximate surface area is 141 Å². The maximum atomic E-state index is 12.1. The van der Waals surface area contributed by atoms with Gasteiger partial charge < -0.3 is 19.2 Å². The van der Waals surface area contributed by atoms with Gasteiger partial charge in [0.2, 0.25) is 12.7 Å². The number of hydrogen-bond acceptors (Lipinski definition) is 5. The molecule has 1 amide bonds. The number of nitrogens with one attached hydrogen (secondary N) is 1. The molecule has 6 heteroatoms. The monoisotopic (exact) mass is 330 g/mol. The lowest BCUT2D eigenvalue weighted by Crippen LogP contribution is -2.34. The van der Waals surface area contributed by atoms with Crippen molar-refractivity contribution in [3.63, 3.8) is 0 Å². The molecule has 0 radical (unpaired) electrons. The normalized spacial score (nSPS) is 14.0. The zero-order valence-corrected chi connectivity index (χ0v) is 14.0. The fourth-order valence-electron chi connectivity index (χ4n) is 2.67. The molecule has 1 aliphatic heterocycles. The molecule has 0 fully saturated rings. The van der Waals surface area contributed by atoms with Crippen LogP contribution in [0.15, 0.2) is 41.0 Å². The molecule has 1 unspecified atom stereocenters. The van der Waals surface area contributed by atoms with E-state index in [1.165, 1.54) is 0 Å². The van der Waals surface area contributed by atoms with Gasteiger partial charge >= 0.3 is 0 Å². The first-order chi connectivity index (χ1) is 11.6. The zero-order chi connectivity index (χ0) is 16.9. The minimum absolute atomic E-state index is 0.0195. The number of furan rings is 1. The Balaban J connectivity index is 1.49. The van der Waals surface area contributed by atoms with E-state index in [2.05, 4.69) is 5.32 Å². The molecule has 2 aromatic rings. The van der Waals surface area contributed by atoms with E-state index in [9.17, 15) is 4.79 Å². The van der Waals surface area contributed by atoms with E-state index < -0.39 is 0 Å². The summed E-state index contributed by atoms with van der Waals surface area (Å²) in [6, 6.07) is 9.58. The average molecular weight is 330 g/mol. The van der Waals surface area contributed by atoms with Gasteiger partial charge in [-0.05, 0) is 50.3 Å². The van der Waals surface area contributed by atoms with Crippen LogP contribution in [-0.4, -0.2) is 38.2 Å². The predicted molar refractivity (Wildman–Crippen MR) is 89.0 cm³/mol.